The summed E-state index contributed by atoms with van der Waals surface area (Å²) >= 11 is 0. The number of hydrogen-bond acceptors (Lipinski definition) is 3. The summed E-state index contributed by atoms with van der Waals surface area (Å²) in [6.07, 6.45) is 0. The smallest absolute Gasteiger partial charge is 0.133 e. The molecule has 1 aromatic rings. The molecular formula is C12H20N3O+. The summed E-state index contributed by atoms with van der Waals surface area (Å²) in [5.74, 6) is 0. The van der Waals surface area contributed by atoms with E-state index in [1.807, 2.05) is 25.1 Å². The number of anilines is 1. The Morgan fingerprint density at radius 3 is 2.62 bits per heavy atom. The second kappa shape index (κ2) is 5.07. The van der Waals surface area contributed by atoms with Crippen molar-refractivity contribution >= 4 is 11.4 Å². The van der Waals surface area contributed by atoms with Gasteiger partial charge in [0.2, 0.25) is 0 Å². The molecule has 0 atom stereocenters. The third-order valence-corrected chi connectivity index (χ3v) is 2.32. The largest absolute Gasteiger partial charge is 0.382 e. The molecule has 1 aromatic carbocycles. The molecule has 0 aromatic heterocycles. The lowest BCUT2D eigenvalue weighted by atomic mass is 10.1. The van der Waals surface area contributed by atoms with E-state index in [0.29, 0.717) is 6.61 Å². The van der Waals surface area contributed by atoms with Crippen LogP contribution in [0, 0.1) is 6.92 Å². The first-order chi connectivity index (χ1) is 7.48. The van der Waals surface area contributed by atoms with Crippen LogP contribution in [0.25, 0.3) is 0 Å². The minimum absolute atomic E-state index is 0.0947. The zero-order valence-electron chi connectivity index (χ0n) is 10.4. The molecule has 0 aliphatic carbocycles. The second-order valence-corrected chi connectivity index (χ2v) is 4.57. The van der Waals surface area contributed by atoms with Gasteiger partial charge in [-0.15, -0.1) is 0 Å². The number of ether oxygens (including phenoxy) is 1. The van der Waals surface area contributed by atoms with Gasteiger partial charge >= 0.3 is 0 Å². The van der Waals surface area contributed by atoms with E-state index in [2.05, 4.69) is 24.3 Å². The maximum Gasteiger partial charge on any atom is 0.133 e. The van der Waals surface area contributed by atoms with Crippen LogP contribution in [0.1, 0.15) is 19.4 Å². The number of hydrogen-bond donors (Lipinski definition) is 2. The second-order valence-electron chi connectivity index (χ2n) is 4.57. The Hall–Kier alpha value is -1.42. The predicted molar refractivity (Wildman–Crippen MR) is 64.8 cm³/mol. The summed E-state index contributed by atoms with van der Waals surface area (Å²) in [7, 11) is 1.70. The summed E-state index contributed by atoms with van der Waals surface area (Å²) in [6, 6.07) is 5.90. The molecule has 4 nitrogen and oxygen atoms in total. The zero-order chi connectivity index (χ0) is 12.2. The van der Waals surface area contributed by atoms with E-state index >= 15 is 0 Å². The number of rotatable bonds is 5. The van der Waals surface area contributed by atoms with E-state index in [1.165, 1.54) is 0 Å². The van der Waals surface area contributed by atoms with Gasteiger partial charge in [0.05, 0.1) is 12.1 Å². The van der Waals surface area contributed by atoms with Crippen LogP contribution < -0.4 is 10.8 Å². The standard InChI is InChI=1S/C12H19N3O/c1-9-7-10(5-6-11(9)15-13)14-12(2,3)8-16-4/h5-7,13-14H,8H2,1-4H3/p+1. The van der Waals surface area contributed by atoms with E-state index in [-0.39, 0.29) is 5.54 Å². The monoisotopic (exact) mass is 222 g/mol. The highest BCUT2D eigenvalue weighted by Crippen LogP contribution is 2.23. The van der Waals surface area contributed by atoms with Gasteiger partial charge in [-0.1, -0.05) is 0 Å². The predicted octanol–water partition coefficient (Wildman–Crippen LogP) is 1.67. The van der Waals surface area contributed by atoms with Crippen molar-refractivity contribution in [3.8, 4) is 0 Å². The molecule has 0 aliphatic rings. The van der Waals surface area contributed by atoms with Gasteiger partial charge in [0, 0.05) is 12.8 Å². The van der Waals surface area contributed by atoms with Crippen LogP contribution >= 0.6 is 0 Å². The number of nitrogens with one attached hydrogen (secondary N) is 1. The molecule has 0 saturated carbocycles. The summed E-state index contributed by atoms with van der Waals surface area (Å²) in [5.41, 5.74) is 8.08. The van der Waals surface area contributed by atoms with Crippen LogP contribution in [0.5, 0.6) is 0 Å². The molecule has 16 heavy (non-hydrogen) atoms. The van der Waals surface area contributed by atoms with Crippen molar-refractivity contribution in [1.29, 1.82) is 0 Å². The Morgan fingerprint density at radius 1 is 1.44 bits per heavy atom. The van der Waals surface area contributed by atoms with Crippen molar-refractivity contribution in [2.24, 2.45) is 5.11 Å². The van der Waals surface area contributed by atoms with Gasteiger partial charge in [0.25, 0.3) is 0 Å². The fraction of sp³-hybridized carbons (Fsp3) is 0.500. The molecule has 3 N–H and O–H groups in total. The Morgan fingerprint density at radius 2 is 2.12 bits per heavy atom. The first kappa shape index (κ1) is 12.6. The van der Waals surface area contributed by atoms with Gasteiger partial charge in [-0.25, -0.2) is 0 Å². The van der Waals surface area contributed by atoms with Crippen molar-refractivity contribution in [2.45, 2.75) is 26.3 Å². The number of aryl methyl sites for hydroxylation is 1. The molecule has 0 heterocycles. The summed E-state index contributed by atoms with van der Waals surface area (Å²) in [4.78, 5) is 0. The van der Waals surface area contributed by atoms with Crippen molar-refractivity contribution < 1.29 is 10.3 Å². The Bertz CT molecular complexity index is 375. The van der Waals surface area contributed by atoms with Crippen molar-refractivity contribution in [2.75, 3.05) is 19.0 Å². The molecule has 4 heteroatoms. The minimum atomic E-state index is -0.0947. The summed E-state index contributed by atoms with van der Waals surface area (Å²) in [5, 5.41) is 7.10. The molecule has 0 radical (unpaired) electrons. The van der Waals surface area contributed by atoms with Crippen LogP contribution in [-0.4, -0.2) is 19.3 Å². The molecule has 1 rings (SSSR count). The van der Waals surface area contributed by atoms with Gasteiger partial charge in [-0.05, 0) is 49.6 Å². The first-order valence-electron chi connectivity index (χ1n) is 5.27. The van der Waals surface area contributed by atoms with Crippen molar-refractivity contribution in [3.63, 3.8) is 0 Å². The van der Waals surface area contributed by atoms with Crippen LogP contribution in [0.2, 0.25) is 0 Å². The number of nitrogens with zero attached hydrogens (tertiary/aromatic N) is 1. The van der Waals surface area contributed by atoms with Gasteiger partial charge in [0.1, 0.15) is 5.69 Å². The van der Waals surface area contributed by atoms with Gasteiger partial charge < -0.3 is 10.1 Å². The first-order valence-corrected chi connectivity index (χ1v) is 5.27. The fourth-order valence-corrected chi connectivity index (χ4v) is 1.67. The lowest BCUT2D eigenvalue weighted by Gasteiger charge is -2.26. The third kappa shape index (κ3) is 3.31. The number of benzene rings is 1. The molecule has 0 spiro atoms. The number of methoxy groups -OCH3 is 1. The average molecular weight is 222 g/mol. The molecule has 0 amide bonds. The SMILES string of the molecule is COCC(C)(C)Nc1ccc(N=[NH2+])c(C)c1. The van der Waals surface area contributed by atoms with Crippen LogP contribution in [0.4, 0.5) is 11.4 Å². The van der Waals surface area contributed by atoms with E-state index in [9.17, 15) is 0 Å². The normalized spacial score (nSPS) is 11.2. The maximum absolute atomic E-state index is 5.26. The highest BCUT2D eigenvalue weighted by molar-refractivity contribution is 5.56. The molecule has 0 bridgehead atoms. The Labute approximate surface area is 96.5 Å². The van der Waals surface area contributed by atoms with Crippen molar-refractivity contribution in [1.82, 2.24) is 0 Å². The third-order valence-electron chi connectivity index (χ3n) is 2.32. The van der Waals surface area contributed by atoms with Gasteiger partial charge in [-0.3, -0.25) is 0 Å². The zero-order valence-corrected chi connectivity index (χ0v) is 10.4. The number of nitrogens with two attached hydrogens (primary N) is 1. The Balaban J connectivity index is 2.82. The lowest BCUT2D eigenvalue weighted by molar-refractivity contribution is -0.210. The fourth-order valence-electron chi connectivity index (χ4n) is 1.67. The highest BCUT2D eigenvalue weighted by Gasteiger charge is 2.17. The van der Waals surface area contributed by atoms with Crippen LogP contribution in [0.3, 0.4) is 0 Å². The van der Waals surface area contributed by atoms with E-state index < -0.39 is 0 Å². The van der Waals surface area contributed by atoms with Crippen molar-refractivity contribution in [3.05, 3.63) is 23.8 Å². The minimum Gasteiger partial charge on any atom is -0.382 e. The van der Waals surface area contributed by atoms with E-state index in [1.54, 1.807) is 7.11 Å². The maximum atomic E-state index is 5.26. The van der Waals surface area contributed by atoms with E-state index in [0.717, 1.165) is 16.9 Å². The molecule has 0 aliphatic heterocycles. The molecule has 0 fully saturated rings. The molecule has 88 valence electrons. The van der Waals surface area contributed by atoms with E-state index in [4.69, 9.17) is 10.3 Å². The van der Waals surface area contributed by atoms with Gasteiger partial charge in [0.15, 0.2) is 0 Å². The highest BCUT2D eigenvalue weighted by atomic mass is 16.5. The van der Waals surface area contributed by atoms with Crippen LogP contribution in [-0.2, 0) is 4.74 Å². The Kier molecular flexibility index (Phi) is 4.01. The summed E-state index contributed by atoms with van der Waals surface area (Å²) < 4.78 is 5.15. The molecular weight excluding hydrogens is 202 g/mol. The lowest BCUT2D eigenvalue weighted by Crippen LogP contribution is -2.35. The average Bonchev–Trinajstić information content (AvgIpc) is 2.17. The molecule has 0 saturated heterocycles. The van der Waals surface area contributed by atoms with Crippen LogP contribution in [0.15, 0.2) is 23.3 Å². The topological polar surface area (TPSA) is 59.2 Å². The quantitative estimate of drug-likeness (QED) is 0.745. The molecule has 0 unspecified atom stereocenters. The van der Waals surface area contributed by atoms with Gasteiger partial charge in [-0.2, -0.15) is 5.53 Å². The summed E-state index contributed by atoms with van der Waals surface area (Å²) in [6.45, 7) is 6.81.